The van der Waals surface area contributed by atoms with E-state index in [1.54, 1.807) is 36.4 Å². The normalized spacial score (nSPS) is 10.1. The van der Waals surface area contributed by atoms with Crippen molar-refractivity contribution in [3.63, 3.8) is 0 Å². The Morgan fingerprint density at radius 2 is 1.50 bits per heavy atom. The van der Waals surface area contributed by atoms with E-state index in [9.17, 15) is 9.90 Å². The molecule has 1 N–H and O–H groups in total. The summed E-state index contributed by atoms with van der Waals surface area (Å²) in [4.78, 5) is 12.1. The average Bonchev–Trinajstić information content (AvgIpc) is 2.29. The number of rotatable bonds is 2. The Hall–Kier alpha value is -1.61. The molecule has 2 rings (SSSR count). The highest BCUT2D eigenvalue weighted by Crippen LogP contribution is 2.24. The molecule has 0 aromatic heterocycles. The van der Waals surface area contributed by atoms with Gasteiger partial charge in [-0.15, -0.1) is 0 Å². The third kappa shape index (κ3) is 1.99. The first-order valence-electron chi connectivity index (χ1n) is 4.77. The van der Waals surface area contributed by atoms with Crippen LogP contribution in [0.15, 0.2) is 53.0 Å². The minimum absolute atomic E-state index is 0.00301. The molecular formula is C13H9BrO2. The van der Waals surface area contributed by atoms with Gasteiger partial charge in [0.15, 0.2) is 5.78 Å². The van der Waals surface area contributed by atoms with Gasteiger partial charge in [-0.1, -0.05) is 40.2 Å². The zero-order valence-electron chi connectivity index (χ0n) is 8.35. The maximum Gasteiger partial charge on any atom is 0.197 e. The molecule has 0 unspecified atom stereocenters. The monoisotopic (exact) mass is 276 g/mol. The van der Waals surface area contributed by atoms with Crippen LogP contribution >= 0.6 is 15.9 Å². The van der Waals surface area contributed by atoms with Gasteiger partial charge in [-0.2, -0.15) is 0 Å². The van der Waals surface area contributed by atoms with Gasteiger partial charge in [0.25, 0.3) is 0 Å². The number of hydrogen-bond donors (Lipinski definition) is 1. The minimum Gasteiger partial charge on any atom is -0.507 e. The van der Waals surface area contributed by atoms with Crippen LogP contribution in [0, 0.1) is 0 Å². The van der Waals surface area contributed by atoms with E-state index in [1.807, 2.05) is 6.07 Å². The van der Waals surface area contributed by atoms with Crippen LogP contribution in [0.4, 0.5) is 0 Å². The number of phenols is 1. The van der Waals surface area contributed by atoms with E-state index in [1.165, 1.54) is 6.07 Å². The topological polar surface area (TPSA) is 37.3 Å². The summed E-state index contributed by atoms with van der Waals surface area (Å²) in [5.41, 5.74) is 0.860. The van der Waals surface area contributed by atoms with Gasteiger partial charge in [0.05, 0.1) is 5.56 Å². The Labute approximate surface area is 102 Å². The molecule has 0 atom stereocenters. The number of halogens is 1. The van der Waals surface area contributed by atoms with Crippen molar-refractivity contribution in [1.82, 2.24) is 0 Å². The molecule has 80 valence electrons. The molecule has 0 aliphatic rings. The summed E-state index contributed by atoms with van der Waals surface area (Å²) in [6.07, 6.45) is 0. The maximum absolute atomic E-state index is 12.1. The van der Waals surface area contributed by atoms with E-state index in [0.29, 0.717) is 11.1 Å². The minimum atomic E-state index is -0.189. The summed E-state index contributed by atoms with van der Waals surface area (Å²) >= 11 is 3.32. The third-order valence-corrected chi connectivity index (χ3v) is 2.96. The molecule has 0 aliphatic carbocycles. The number of benzene rings is 2. The van der Waals surface area contributed by atoms with Crippen LogP contribution in [-0.2, 0) is 0 Å². The summed E-state index contributed by atoms with van der Waals surface area (Å²) in [7, 11) is 0. The van der Waals surface area contributed by atoms with Gasteiger partial charge in [0.1, 0.15) is 5.75 Å². The zero-order valence-corrected chi connectivity index (χ0v) is 9.94. The van der Waals surface area contributed by atoms with Gasteiger partial charge < -0.3 is 5.11 Å². The number of aromatic hydroxyl groups is 1. The summed E-state index contributed by atoms with van der Waals surface area (Å²) in [6.45, 7) is 0. The van der Waals surface area contributed by atoms with E-state index in [2.05, 4.69) is 15.9 Å². The van der Waals surface area contributed by atoms with E-state index >= 15 is 0 Å². The molecule has 0 fully saturated rings. The van der Waals surface area contributed by atoms with Crippen molar-refractivity contribution in [2.24, 2.45) is 0 Å². The smallest absolute Gasteiger partial charge is 0.197 e. The van der Waals surface area contributed by atoms with E-state index in [0.717, 1.165) is 4.47 Å². The fourth-order valence-corrected chi connectivity index (χ4v) is 1.92. The first-order chi connectivity index (χ1) is 7.70. The maximum atomic E-state index is 12.1. The molecule has 0 bridgehead atoms. The quantitative estimate of drug-likeness (QED) is 0.854. The molecule has 2 aromatic carbocycles. The van der Waals surface area contributed by atoms with Crippen LogP contribution in [-0.4, -0.2) is 10.9 Å². The van der Waals surface area contributed by atoms with Crippen LogP contribution in [0.1, 0.15) is 15.9 Å². The van der Waals surface area contributed by atoms with Gasteiger partial charge in [0, 0.05) is 10.0 Å². The molecule has 3 heteroatoms. The molecule has 0 saturated heterocycles. The zero-order chi connectivity index (χ0) is 11.5. The van der Waals surface area contributed by atoms with Gasteiger partial charge in [-0.25, -0.2) is 0 Å². The lowest BCUT2D eigenvalue weighted by Crippen LogP contribution is -2.02. The second-order valence-electron chi connectivity index (χ2n) is 3.33. The molecule has 0 aliphatic heterocycles. The Morgan fingerprint density at radius 3 is 2.12 bits per heavy atom. The number of carbonyl (C=O) groups is 1. The average molecular weight is 277 g/mol. The van der Waals surface area contributed by atoms with Gasteiger partial charge in [0.2, 0.25) is 0 Å². The van der Waals surface area contributed by atoms with Crippen molar-refractivity contribution >= 4 is 21.7 Å². The highest BCUT2D eigenvalue weighted by molar-refractivity contribution is 9.10. The van der Waals surface area contributed by atoms with Crippen molar-refractivity contribution in [1.29, 1.82) is 0 Å². The Kier molecular flexibility index (Phi) is 3.06. The van der Waals surface area contributed by atoms with Crippen LogP contribution in [0.25, 0.3) is 0 Å². The Balaban J connectivity index is 2.48. The van der Waals surface area contributed by atoms with Gasteiger partial charge in [-0.05, 0) is 24.3 Å². The highest BCUT2D eigenvalue weighted by Gasteiger charge is 2.14. The second kappa shape index (κ2) is 4.49. The predicted molar refractivity (Wildman–Crippen MR) is 65.7 cm³/mol. The number of para-hydroxylation sites is 1. The molecule has 0 amide bonds. The number of carbonyl (C=O) groups excluding carboxylic acids is 1. The lowest BCUT2D eigenvalue weighted by Gasteiger charge is -2.05. The largest absolute Gasteiger partial charge is 0.507 e. The predicted octanol–water partition coefficient (Wildman–Crippen LogP) is 3.39. The van der Waals surface area contributed by atoms with Crippen molar-refractivity contribution in [2.45, 2.75) is 0 Å². The van der Waals surface area contributed by atoms with E-state index in [-0.39, 0.29) is 11.5 Å². The summed E-state index contributed by atoms with van der Waals surface area (Å²) in [6, 6.07) is 13.7. The first-order valence-corrected chi connectivity index (χ1v) is 5.56. The lowest BCUT2D eigenvalue weighted by atomic mass is 10.0. The molecular weight excluding hydrogens is 268 g/mol. The van der Waals surface area contributed by atoms with Gasteiger partial charge in [-0.3, -0.25) is 4.79 Å². The van der Waals surface area contributed by atoms with Gasteiger partial charge >= 0.3 is 0 Å². The summed E-state index contributed by atoms with van der Waals surface area (Å²) in [5, 5.41) is 9.60. The van der Waals surface area contributed by atoms with E-state index in [4.69, 9.17) is 0 Å². The molecule has 0 radical (unpaired) electrons. The SMILES string of the molecule is O=C(c1ccccc1O)c1ccccc1Br. The number of hydrogen-bond acceptors (Lipinski definition) is 2. The highest BCUT2D eigenvalue weighted by atomic mass is 79.9. The first kappa shape index (κ1) is 10.9. The van der Waals surface area contributed by atoms with Crippen molar-refractivity contribution in [3.05, 3.63) is 64.1 Å². The Bertz CT molecular complexity index is 487. The third-order valence-electron chi connectivity index (χ3n) is 2.27. The van der Waals surface area contributed by atoms with Crippen molar-refractivity contribution in [3.8, 4) is 5.75 Å². The standard InChI is InChI=1S/C13H9BrO2/c14-11-7-3-1-5-9(11)13(16)10-6-2-4-8-12(10)15/h1-8,15H. The van der Waals surface area contributed by atoms with Crippen LogP contribution in [0.5, 0.6) is 5.75 Å². The second-order valence-corrected chi connectivity index (χ2v) is 4.18. The molecule has 0 heterocycles. The summed E-state index contributed by atoms with van der Waals surface area (Å²) < 4.78 is 0.725. The molecule has 16 heavy (non-hydrogen) atoms. The fourth-order valence-electron chi connectivity index (χ4n) is 1.46. The van der Waals surface area contributed by atoms with E-state index < -0.39 is 0 Å². The number of ketones is 1. The molecule has 0 spiro atoms. The molecule has 2 nitrogen and oxygen atoms in total. The Morgan fingerprint density at radius 1 is 0.938 bits per heavy atom. The molecule has 0 saturated carbocycles. The lowest BCUT2D eigenvalue weighted by molar-refractivity contribution is 0.103. The summed E-state index contributed by atoms with van der Waals surface area (Å²) in [5.74, 6) is -0.186. The van der Waals surface area contributed by atoms with Crippen molar-refractivity contribution in [2.75, 3.05) is 0 Å². The van der Waals surface area contributed by atoms with Crippen LogP contribution < -0.4 is 0 Å². The molecule has 2 aromatic rings. The number of phenolic OH excluding ortho intramolecular Hbond substituents is 1. The van der Waals surface area contributed by atoms with Crippen LogP contribution in [0.2, 0.25) is 0 Å². The van der Waals surface area contributed by atoms with Crippen molar-refractivity contribution < 1.29 is 9.90 Å². The van der Waals surface area contributed by atoms with Crippen LogP contribution in [0.3, 0.4) is 0 Å². The fraction of sp³-hybridized carbons (Fsp3) is 0.